The predicted molar refractivity (Wildman–Crippen MR) is 102 cm³/mol. The average molecular weight is 366 g/mol. The molecule has 0 amide bonds. The predicted octanol–water partition coefficient (Wildman–Crippen LogP) is 4.16. The Bertz CT molecular complexity index is 935. The minimum atomic E-state index is -0.452. The van der Waals surface area contributed by atoms with Gasteiger partial charge < -0.3 is 14.8 Å². The lowest BCUT2D eigenvalue weighted by Gasteiger charge is -2.21. The minimum absolute atomic E-state index is 0.452. The Kier molecular flexibility index (Phi) is 4.62. The van der Waals surface area contributed by atoms with Gasteiger partial charge in [-0.1, -0.05) is 42.1 Å². The lowest BCUT2D eigenvalue weighted by Crippen LogP contribution is -2.18. The van der Waals surface area contributed by atoms with Crippen molar-refractivity contribution in [2.45, 2.75) is 18.3 Å². The Morgan fingerprint density at radius 3 is 2.77 bits per heavy atom. The summed E-state index contributed by atoms with van der Waals surface area (Å²) in [5.74, 6) is 1.23. The highest BCUT2D eigenvalue weighted by molar-refractivity contribution is 7.98. The van der Waals surface area contributed by atoms with Gasteiger partial charge in [0.1, 0.15) is 5.75 Å². The van der Waals surface area contributed by atoms with Gasteiger partial charge >= 0.3 is 0 Å². The summed E-state index contributed by atoms with van der Waals surface area (Å²) in [6.07, 6.45) is 1.46. The summed E-state index contributed by atoms with van der Waals surface area (Å²) in [5.41, 5.74) is 3.35. The van der Waals surface area contributed by atoms with Gasteiger partial charge in [0.25, 0.3) is 0 Å². The van der Waals surface area contributed by atoms with Crippen molar-refractivity contribution in [3.05, 3.63) is 54.1 Å². The molecular weight excluding hydrogens is 348 g/mol. The smallest absolute Gasteiger partial charge is 0.247 e. The molecule has 0 fully saturated rings. The topological polar surface area (TPSA) is 69.2 Å². The SMILES string of the molecule is CCOc1ccccc1[C@@H]1Nc2ccccc2-c2nnc(SC)nc2O1. The number of benzene rings is 2. The highest BCUT2D eigenvalue weighted by atomic mass is 32.2. The molecule has 3 aromatic rings. The number of rotatable bonds is 4. The van der Waals surface area contributed by atoms with Crippen molar-refractivity contribution in [2.24, 2.45) is 0 Å². The molecule has 4 rings (SSSR count). The quantitative estimate of drug-likeness (QED) is 0.695. The van der Waals surface area contributed by atoms with Gasteiger partial charge in [-0.25, -0.2) is 0 Å². The maximum absolute atomic E-state index is 6.24. The molecule has 2 aromatic carbocycles. The van der Waals surface area contributed by atoms with Gasteiger partial charge in [-0.3, -0.25) is 0 Å². The van der Waals surface area contributed by atoms with E-state index >= 15 is 0 Å². The van der Waals surface area contributed by atoms with Crippen LogP contribution < -0.4 is 14.8 Å². The van der Waals surface area contributed by atoms with Crippen molar-refractivity contribution in [2.75, 3.05) is 18.2 Å². The third-order valence-electron chi connectivity index (χ3n) is 4.02. The molecule has 0 saturated carbocycles. The fourth-order valence-electron chi connectivity index (χ4n) is 2.86. The van der Waals surface area contributed by atoms with E-state index < -0.39 is 6.23 Å². The number of hydrogen-bond acceptors (Lipinski definition) is 7. The van der Waals surface area contributed by atoms with E-state index in [9.17, 15) is 0 Å². The van der Waals surface area contributed by atoms with Crippen LogP contribution in [0.5, 0.6) is 11.6 Å². The van der Waals surface area contributed by atoms with Crippen molar-refractivity contribution in [3.63, 3.8) is 0 Å². The number of aromatic nitrogens is 3. The molecule has 1 aromatic heterocycles. The van der Waals surface area contributed by atoms with Gasteiger partial charge in [-0.05, 0) is 31.4 Å². The molecule has 0 saturated heterocycles. The fourth-order valence-corrected chi connectivity index (χ4v) is 3.16. The molecule has 0 spiro atoms. The number of nitrogens with zero attached hydrogens (tertiary/aromatic N) is 3. The molecule has 0 unspecified atom stereocenters. The molecule has 132 valence electrons. The molecule has 6 nitrogen and oxygen atoms in total. The second kappa shape index (κ2) is 7.21. The Morgan fingerprint density at radius 1 is 1.12 bits per heavy atom. The molecule has 0 bridgehead atoms. The molecule has 2 heterocycles. The zero-order valence-electron chi connectivity index (χ0n) is 14.5. The number of hydrogen-bond donors (Lipinski definition) is 1. The first-order chi connectivity index (χ1) is 12.8. The number of ether oxygens (including phenoxy) is 2. The lowest BCUT2D eigenvalue weighted by atomic mass is 10.1. The van der Waals surface area contributed by atoms with Crippen molar-refractivity contribution < 1.29 is 9.47 Å². The van der Waals surface area contributed by atoms with Crippen LogP contribution in [0.1, 0.15) is 18.7 Å². The van der Waals surface area contributed by atoms with E-state index in [0.717, 1.165) is 22.6 Å². The van der Waals surface area contributed by atoms with E-state index in [1.165, 1.54) is 11.8 Å². The first kappa shape index (κ1) is 16.7. The zero-order chi connectivity index (χ0) is 17.9. The number of fused-ring (bicyclic) bond motifs is 3. The van der Waals surface area contributed by atoms with Crippen LogP contribution in [-0.2, 0) is 0 Å². The Labute approximate surface area is 156 Å². The van der Waals surface area contributed by atoms with Crippen LogP contribution in [0.4, 0.5) is 5.69 Å². The largest absolute Gasteiger partial charge is 0.493 e. The molecule has 1 atom stereocenters. The van der Waals surface area contributed by atoms with Gasteiger partial charge in [0.2, 0.25) is 17.3 Å². The molecule has 0 aliphatic carbocycles. The number of thioether (sulfide) groups is 1. The summed E-state index contributed by atoms with van der Waals surface area (Å²) >= 11 is 1.43. The maximum atomic E-state index is 6.24. The van der Waals surface area contributed by atoms with Crippen LogP contribution >= 0.6 is 11.8 Å². The normalized spacial score (nSPS) is 15.1. The van der Waals surface area contributed by atoms with E-state index in [2.05, 4.69) is 20.5 Å². The van der Waals surface area contributed by atoms with Gasteiger partial charge in [-0.15, -0.1) is 10.2 Å². The summed E-state index contributed by atoms with van der Waals surface area (Å²) in [5, 5.41) is 12.5. The average Bonchev–Trinajstić information content (AvgIpc) is 2.85. The summed E-state index contributed by atoms with van der Waals surface area (Å²) in [7, 11) is 0. The minimum Gasteiger partial charge on any atom is -0.493 e. The second-order valence-electron chi connectivity index (χ2n) is 5.61. The molecule has 1 aliphatic rings. The van der Waals surface area contributed by atoms with Crippen LogP contribution in [0.3, 0.4) is 0 Å². The first-order valence-corrected chi connectivity index (χ1v) is 9.55. The Balaban J connectivity index is 1.85. The van der Waals surface area contributed by atoms with Crippen molar-refractivity contribution in [1.82, 2.24) is 15.2 Å². The number of nitrogens with one attached hydrogen (secondary N) is 1. The highest BCUT2D eigenvalue weighted by Gasteiger charge is 2.27. The van der Waals surface area contributed by atoms with E-state index in [1.54, 1.807) is 0 Å². The number of para-hydroxylation sites is 2. The van der Waals surface area contributed by atoms with E-state index in [0.29, 0.717) is 23.3 Å². The molecule has 7 heteroatoms. The fraction of sp³-hybridized carbons (Fsp3) is 0.211. The molecule has 0 radical (unpaired) electrons. The summed E-state index contributed by atoms with van der Waals surface area (Å²) in [4.78, 5) is 4.53. The van der Waals surface area contributed by atoms with Crippen molar-refractivity contribution in [3.8, 4) is 22.9 Å². The highest BCUT2D eigenvalue weighted by Crippen LogP contribution is 2.40. The van der Waals surface area contributed by atoms with E-state index in [4.69, 9.17) is 9.47 Å². The summed E-state index contributed by atoms with van der Waals surface area (Å²) < 4.78 is 12.0. The molecule has 1 aliphatic heterocycles. The summed E-state index contributed by atoms with van der Waals surface area (Å²) in [6, 6.07) is 15.7. The van der Waals surface area contributed by atoms with Gasteiger partial charge in [0.15, 0.2) is 5.69 Å². The third-order valence-corrected chi connectivity index (χ3v) is 4.56. The van der Waals surface area contributed by atoms with Gasteiger partial charge in [0, 0.05) is 11.3 Å². The van der Waals surface area contributed by atoms with E-state index in [-0.39, 0.29) is 0 Å². The van der Waals surface area contributed by atoms with Gasteiger partial charge in [0.05, 0.1) is 12.2 Å². The molecule has 1 N–H and O–H groups in total. The zero-order valence-corrected chi connectivity index (χ0v) is 15.3. The van der Waals surface area contributed by atoms with Crippen LogP contribution in [-0.4, -0.2) is 28.0 Å². The van der Waals surface area contributed by atoms with Crippen LogP contribution in [0.25, 0.3) is 11.3 Å². The van der Waals surface area contributed by atoms with Crippen LogP contribution in [0.15, 0.2) is 53.7 Å². The van der Waals surface area contributed by atoms with Crippen LogP contribution in [0.2, 0.25) is 0 Å². The molecule has 26 heavy (non-hydrogen) atoms. The first-order valence-electron chi connectivity index (χ1n) is 8.33. The second-order valence-corrected chi connectivity index (χ2v) is 6.38. The Hall–Kier alpha value is -2.80. The van der Waals surface area contributed by atoms with Crippen molar-refractivity contribution in [1.29, 1.82) is 0 Å². The van der Waals surface area contributed by atoms with Gasteiger partial charge in [-0.2, -0.15) is 4.98 Å². The summed E-state index contributed by atoms with van der Waals surface area (Å²) in [6.45, 7) is 2.54. The third kappa shape index (κ3) is 3.06. The van der Waals surface area contributed by atoms with Crippen LogP contribution in [0, 0.1) is 0 Å². The Morgan fingerprint density at radius 2 is 1.92 bits per heavy atom. The van der Waals surface area contributed by atoms with Crippen molar-refractivity contribution >= 4 is 17.4 Å². The lowest BCUT2D eigenvalue weighted by molar-refractivity contribution is 0.217. The molecular formula is C19H18N4O2S. The standard InChI is InChI=1S/C19H18N4O2S/c1-3-24-15-11-7-5-9-13(15)17-20-14-10-6-4-8-12(14)16-18(25-17)21-19(26-2)23-22-16/h4-11,17,20H,3H2,1-2H3/t17-/m1/s1. The monoisotopic (exact) mass is 366 g/mol. The maximum Gasteiger partial charge on any atom is 0.247 e. The van der Waals surface area contributed by atoms with E-state index in [1.807, 2.05) is 61.7 Å². The number of anilines is 1.